The molecule has 3 rings (SSSR count). The van der Waals surface area contributed by atoms with Gasteiger partial charge in [0.1, 0.15) is 12.5 Å². The second-order valence-electron chi connectivity index (χ2n) is 3.07. The first-order chi connectivity index (χ1) is 7.93. The summed E-state index contributed by atoms with van der Waals surface area (Å²) in [5.41, 5.74) is 1.50. The van der Waals surface area contributed by atoms with Gasteiger partial charge in [0.25, 0.3) is 0 Å². The Balaban J connectivity index is 1.97. The molecule has 0 saturated heterocycles. The third kappa shape index (κ3) is 1.46. The lowest BCUT2D eigenvalue weighted by molar-refractivity contribution is 0.567. The molecule has 0 aliphatic carbocycles. The van der Waals surface area contributed by atoms with Crippen molar-refractivity contribution < 1.29 is 8.83 Å². The molecule has 0 amide bonds. The topological polar surface area (TPSA) is 77.8 Å². The molecule has 0 atom stereocenters. The highest BCUT2D eigenvalue weighted by molar-refractivity contribution is 5.54. The SMILES string of the molecule is c1cc(-c2nnc(-c3ccoc3)nn2)co1. The summed E-state index contributed by atoms with van der Waals surface area (Å²) in [5.74, 6) is 0.863. The Kier molecular flexibility index (Phi) is 1.96. The van der Waals surface area contributed by atoms with E-state index in [0.29, 0.717) is 11.6 Å². The van der Waals surface area contributed by atoms with Gasteiger partial charge in [0.05, 0.1) is 23.7 Å². The maximum absolute atomic E-state index is 4.92. The van der Waals surface area contributed by atoms with Crippen molar-refractivity contribution in [3.63, 3.8) is 0 Å². The van der Waals surface area contributed by atoms with Crippen molar-refractivity contribution in [2.75, 3.05) is 0 Å². The van der Waals surface area contributed by atoms with Crippen LogP contribution in [0.25, 0.3) is 22.8 Å². The van der Waals surface area contributed by atoms with Crippen LogP contribution < -0.4 is 0 Å². The molecule has 6 heteroatoms. The van der Waals surface area contributed by atoms with E-state index in [1.165, 1.54) is 12.5 Å². The van der Waals surface area contributed by atoms with Crippen molar-refractivity contribution in [1.29, 1.82) is 0 Å². The third-order valence-electron chi connectivity index (χ3n) is 2.04. The van der Waals surface area contributed by atoms with Crippen LogP contribution in [-0.2, 0) is 0 Å². The van der Waals surface area contributed by atoms with Gasteiger partial charge in [0, 0.05) is 0 Å². The predicted octanol–water partition coefficient (Wildman–Crippen LogP) is 1.79. The Morgan fingerprint density at radius 2 is 1.12 bits per heavy atom. The molecule has 0 spiro atoms. The van der Waals surface area contributed by atoms with Crippen molar-refractivity contribution in [1.82, 2.24) is 20.4 Å². The quantitative estimate of drug-likeness (QED) is 0.647. The third-order valence-corrected chi connectivity index (χ3v) is 2.04. The second-order valence-corrected chi connectivity index (χ2v) is 3.07. The van der Waals surface area contributed by atoms with Gasteiger partial charge in [-0.15, -0.1) is 20.4 Å². The molecule has 6 nitrogen and oxygen atoms in total. The minimum Gasteiger partial charge on any atom is -0.472 e. The van der Waals surface area contributed by atoms with Gasteiger partial charge in [0.15, 0.2) is 0 Å². The van der Waals surface area contributed by atoms with E-state index < -0.39 is 0 Å². The van der Waals surface area contributed by atoms with E-state index in [0.717, 1.165) is 11.1 Å². The minimum atomic E-state index is 0.431. The number of hydrogen-bond acceptors (Lipinski definition) is 6. The molecule has 0 radical (unpaired) electrons. The van der Waals surface area contributed by atoms with Crippen molar-refractivity contribution >= 4 is 0 Å². The van der Waals surface area contributed by atoms with E-state index >= 15 is 0 Å². The van der Waals surface area contributed by atoms with Gasteiger partial charge in [0.2, 0.25) is 11.6 Å². The average molecular weight is 214 g/mol. The molecule has 0 aromatic carbocycles. The molecule has 0 unspecified atom stereocenters. The molecule has 0 aliphatic rings. The first-order valence-corrected chi connectivity index (χ1v) is 4.56. The molecule has 16 heavy (non-hydrogen) atoms. The Hall–Kier alpha value is -2.50. The van der Waals surface area contributed by atoms with Gasteiger partial charge >= 0.3 is 0 Å². The van der Waals surface area contributed by atoms with E-state index in [-0.39, 0.29) is 0 Å². The summed E-state index contributed by atoms with van der Waals surface area (Å²) in [5, 5.41) is 15.8. The summed E-state index contributed by atoms with van der Waals surface area (Å²) in [6, 6.07) is 3.49. The van der Waals surface area contributed by atoms with Crippen LogP contribution in [0.4, 0.5) is 0 Å². The zero-order valence-corrected chi connectivity index (χ0v) is 8.07. The summed E-state index contributed by atoms with van der Waals surface area (Å²) in [4.78, 5) is 0. The molecule has 3 aromatic heterocycles. The number of hydrogen-bond donors (Lipinski definition) is 0. The van der Waals surface area contributed by atoms with E-state index in [1.54, 1.807) is 24.7 Å². The molecular weight excluding hydrogens is 208 g/mol. The van der Waals surface area contributed by atoms with Crippen LogP contribution in [-0.4, -0.2) is 20.4 Å². The smallest absolute Gasteiger partial charge is 0.206 e. The van der Waals surface area contributed by atoms with Crippen LogP contribution >= 0.6 is 0 Å². The van der Waals surface area contributed by atoms with E-state index in [1.807, 2.05) is 0 Å². The van der Waals surface area contributed by atoms with E-state index in [4.69, 9.17) is 8.83 Å². The summed E-state index contributed by atoms with van der Waals surface area (Å²) in [6.45, 7) is 0. The molecule has 78 valence electrons. The van der Waals surface area contributed by atoms with Crippen molar-refractivity contribution in [3.8, 4) is 22.8 Å². The molecule has 0 fully saturated rings. The monoisotopic (exact) mass is 214 g/mol. The number of furan rings is 2. The van der Waals surface area contributed by atoms with Crippen LogP contribution in [0.2, 0.25) is 0 Å². The normalized spacial score (nSPS) is 10.5. The van der Waals surface area contributed by atoms with Gasteiger partial charge in [-0.25, -0.2) is 0 Å². The van der Waals surface area contributed by atoms with Crippen LogP contribution in [0.15, 0.2) is 46.0 Å². The lowest BCUT2D eigenvalue weighted by Gasteiger charge is -1.94. The zero-order valence-electron chi connectivity index (χ0n) is 8.07. The first-order valence-electron chi connectivity index (χ1n) is 4.56. The lowest BCUT2D eigenvalue weighted by atomic mass is 10.3. The van der Waals surface area contributed by atoms with E-state index in [9.17, 15) is 0 Å². The summed E-state index contributed by atoms with van der Waals surface area (Å²) >= 11 is 0. The van der Waals surface area contributed by atoms with Crippen molar-refractivity contribution in [2.45, 2.75) is 0 Å². The van der Waals surface area contributed by atoms with Crippen molar-refractivity contribution in [3.05, 3.63) is 37.2 Å². The molecule has 0 N–H and O–H groups in total. The van der Waals surface area contributed by atoms with Gasteiger partial charge in [-0.05, 0) is 12.1 Å². The molecule has 0 aliphatic heterocycles. The van der Waals surface area contributed by atoms with Crippen LogP contribution in [0.1, 0.15) is 0 Å². The molecule has 0 saturated carbocycles. The van der Waals surface area contributed by atoms with Crippen LogP contribution in [0, 0.1) is 0 Å². The summed E-state index contributed by atoms with van der Waals surface area (Å²) in [7, 11) is 0. The fraction of sp³-hybridized carbons (Fsp3) is 0. The largest absolute Gasteiger partial charge is 0.472 e. The highest BCUT2D eigenvalue weighted by Crippen LogP contribution is 2.16. The summed E-state index contributed by atoms with van der Waals surface area (Å²) < 4.78 is 9.84. The second kappa shape index (κ2) is 3.58. The Morgan fingerprint density at radius 1 is 0.688 bits per heavy atom. The number of rotatable bonds is 2. The Labute approximate surface area is 89.9 Å². The first kappa shape index (κ1) is 8.78. The van der Waals surface area contributed by atoms with Gasteiger partial charge in [-0.1, -0.05) is 0 Å². The Morgan fingerprint density at radius 3 is 1.44 bits per heavy atom. The number of aromatic nitrogens is 4. The zero-order chi connectivity index (χ0) is 10.8. The fourth-order valence-electron chi connectivity index (χ4n) is 1.24. The molecular formula is C10H6N4O2. The summed E-state index contributed by atoms with van der Waals surface area (Å²) in [6.07, 6.45) is 6.16. The van der Waals surface area contributed by atoms with Crippen LogP contribution in [0.3, 0.4) is 0 Å². The maximum Gasteiger partial charge on any atom is 0.206 e. The van der Waals surface area contributed by atoms with Gasteiger partial charge in [-0.2, -0.15) is 0 Å². The van der Waals surface area contributed by atoms with Gasteiger partial charge in [-0.3, -0.25) is 0 Å². The molecule has 3 heterocycles. The van der Waals surface area contributed by atoms with Crippen LogP contribution in [0.5, 0.6) is 0 Å². The number of nitrogens with zero attached hydrogens (tertiary/aromatic N) is 4. The molecule has 3 aromatic rings. The Bertz CT molecular complexity index is 504. The minimum absolute atomic E-state index is 0.431. The average Bonchev–Trinajstić information content (AvgIpc) is 3.03. The predicted molar refractivity (Wildman–Crippen MR) is 53.0 cm³/mol. The molecule has 0 bridgehead atoms. The highest BCUT2D eigenvalue weighted by Gasteiger charge is 2.07. The van der Waals surface area contributed by atoms with Gasteiger partial charge < -0.3 is 8.83 Å². The van der Waals surface area contributed by atoms with E-state index in [2.05, 4.69) is 20.4 Å². The lowest BCUT2D eigenvalue weighted by Crippen LogP contribution is -1.97. The fourth-order valence-corrected chi connectivity index (χ4v) is 1.24. The highest BCUT2D eigenvalue weighted by atomic mass is 16.3. The van der Waals surface area contributed by atoms with Crippen molar-refractivity contribution in [2.24, 2.45) is 0 Å². The standard InChI is InChI=1S/C10H6N4O2/c1-3-15-5-7(1)9-11-13-10(14-12-9)8-2-4-16-6-8/h1-6H. The maximum atomic E-state index is 4.92.